The fourth-order valence-electron chi connectivity index (χ4n) is 2.12. The van der Waals surface area contributed by atoms with Crippen molar-refractivity contribution in [1.82, 2.24) is 0 Å². The summed E-state index contributed by atoms with van der Waals surface area (Å²) in [5.41, 5.74) is 3.82. The normalized spacial score (nSPS) is 10.6. The largest absolute Gasteiger partial charge is 0.508 e. The first-order valence-electron chi connectivity index (χ1n) is 6.01. The van der Waals surface area contributed by atoms with Crippen molar-refractivity contribution < 1.29 is 5.11 Å². The molecule has 15 heavy (non-hydrogen) atoms. The van der Waals surface area contributed by atoms with Crippen molar-refractivity contribution in [3.8, 4) is 5.75 Å². The van der Waals surface area contributed by atoms with E-state index in [-0.39, 0.29) is 0 Å². The second-order valence-electron chi connectivity index (χ2n) is 4.17. The summed E-state index contributed by atoms with van der Waals surface area (Å²) < 4.78 is 0. The maximum atomic E-state index is 9.85. The summed E-state index contributed by atoms with van der Waals surface area (Å²) in [6, 6.07) is 3.84. The lowest BCUT2D eigenvalue weighted by Crippen LogP contribution is -1.97. The highest BCUT2D eigenvalue weighted by Crippen LogP contribution is 2.26. The van der Waals surface area contributed by atoms with Crippen molar-refractivity contribution in [3.05, 3.63) is 28.8 Å². The number of hydrogen-bond donors (Lipinski definition) is 1. The van der Waals surface area contributed by atoms with Crippen molar-refractivity contribution in [2.45, 2.75) is 52.9 Å². The highest BCUT2D eigenvalue weighted by molar-refractivity contribution is 5.44. The van der Waals surface area contributed by atoms with Gasteiger partial charge in [0.25, 0.3) is 0 Å². The molecule has 1 N–H and O–H groups in total. The van der Waals surface area contributed by atoms with Gasteiger partial charge in [0.05, 0.1) is 0 Å². The Labute approximate surface area is 93.1 Å². The topological polar surface area (TPSA) is 20.2 Å². The van der Waals surface area contributed by atoms with Crippen LogP contribution in [0.4, 0.5) is 0 Å². The molecule has 84 valence electrons. The number of hydrogen-bond acceptors (Lipinski definition) is 1. The minimum absolute atomic E-state index is 0.480. The number of rotatable bonds is 5. The van der Waals surface area contributed by atoms with Crippen LogP contribution >= 0.6 is 0 Å². The van der Waals surface area contributed by atoms with Crippen molar-refractivity contribution in [2.75, 3.05) is 0 Å². The molecular formula is C14H22O. The van der Waals surface area contributed by atoms with Gasteiger partial charge in [-0.15, -0.1) is 0 Å². The molecule has 0 radical (unpaired) electrons. The Morgan fingerprint density at radius 1 is 1.07 bits per heavy atom. The number of aryl methyl sites for hydroxylation is 1. The van der Waals surface area contributed by atoms with Gasteiger partial charge >= 0.3 is 0 Å². The molecule has 0 heterocycles. The summed E-state index contributed by atoms with van der Waals surface area (Å²) in [5.74, 6) is 0.480. The van der Waals surface area contributed by atoms with Gasteiger partial charge in [-0.1, -0.05) is 32.8 Å². The van der Waals surface area contributed by atoms with Crippen molar-refractivity contribution in [1.29, 1.82) is 0 Å². The van der Waals surface area contributed by atoms with Gasteiger partial charge in [-0.05, 0) is 48.9 Å². The van der Waals surface area contributed by atoms with Crippen molar-refractivity contribution in [2.24, 2.45) is 0 Å². The molecule has 0 atom stereocenters. The molecule has 0 amide bonds. The van der Waals surface area contributed by atoms with E-state index in [1.54, 1.807) is 0 Å². The average molecular weight is 206 g/mol. The zero-order valence-corrected chi connectivity index (χ0v) is 10.1. The van der Waals surface area contributed by atoms with E-state index in [1.165, 1.54) is 36.0 Å². The van der Waals surface area contributed by atoms with Crippen LogP contribution in [0, 0.1) is 6.92 Å². The second kappa shape index (κ2) is 5.79. The Hall–Kier alpha value is -0.980. The van der Waals surface area contributed by atoms with E-state index in [1.807, 2.05) is 12.1 Å². The number of benzene rings is 1. The van der Waals surface area contributed by atoms with Gasteiger partial charge in [0, 0.05) is 0 Å². The number of unbranched alkanes of at least 4 members (excludes halogenated alkanes) is 2. The molecule has 0 bridgehead atoms. The van der Waals surface area contributed by atoms with Crippen molar-refractivity contribution >= 4 is 0 Å². The van der Waals surface area contributed by atoms with Gasteiger partial charge in [-0.2, -0.15) is 0 Å². The van der Waals surface area contributed by atoms with E-state index in [4.69, 9.17) is 0 Å². The van der Waals surface area contributed by atoms with E-state index in [0.29, 0.717) is 5.75 Å². The smallest absolute Gasteiger partial charge is 0.119 e. The minimum Gasteiger partial charge on any atom is -0.508 e. The molecule has 1 heteroatoms. The average Bonchev–Trinajstić information content (AvgIpc) is 2.23. The van der Waals surface area contributed by atoms with Crippen LogP contribution in [-0.4, -0.2) is 5.11 Å². The summed E-state index contributed by atoms with van der Waals surface area (Å²) in [5, 5.41) is 9.85. The Bertz CT molecular complexity index is 315. The third kappa shape index (κ3) is 2.98. The van der Waals surface area contributed by atoms with Gasteiger partial charge in [-0.25, -0.2) is 0 Å². The van der Waals surface area contributed by atoms with Gasteiger partial charge in [0.2, 0.25) is 0 Å². The van der Waals surface area contributed by atoms with E-state index in [9.17, 15) is 5.11 Å². The standard InChI is InChI=1S/C14H22O/c1-4-6-7-8-13-12(5-2)11(3)9-10-14(13)15/h9-10,15H,4-8H2,1-3H3. The Balaban J connectivity index is 2.87. The highest BCUT2D eigenvalue weighted by Gasteiger charge is 2.08. The number of phenols is 1. The van der Waals surface area contributed by atoms with Gasteiger partial charge in [0.15, 0.2) is 0 Å². The first-order valence-corrected chi connectivity index (χ1v) is 6.01. The van der Waals surface area contributed by atoms with Crippen LogP contribution in [-0.2, 0) is 12.8 Å². The Morgan fingerprint density at radius 3 is 2.40 bits per heavy atom. The van der Waals surface area contributed by atoms with Gasteiger partial charge < -0.3 is 5.11 Å². The monoisotopic (exact) mass is 206 g/mol. The molecule has 1 nitrogen and oxygen atoms in total. The van der Waals surface area contributed by atoms with Crippen LogP contribution in [0.3, 0.4) is 0 Å². The lowest BCUT2D eigenvalue weighted by Gasteiger charge is -2.12. The second-order valence-corrected chi connectivity index (χ2v) is 4.17. The predicted octanol–water partition coefficient (Wildman–Crippen LogP) is 4.00. The molecule has 0 unspecified atom stereocenters. The van der Waals surface area contributed by atoms with Crippen molar-refractivity contribution in [3.63, 3.8) is 0 Å². The molecule has 0 aliphatic heterocycles. The molecule has 1 rings (SSSR count). The third-order valence-electron chi connectivity index (χ3n) is 3.02. The number of phenolic OH excluding ortho intramolecular Hbond substituents is 1. The fourth-order valence-corrected chi connectivity index (χ4v) is 2.12. The summed E-state index contributed by atoms with van der Waals surface area (Å²) >= 11 is 0. The van der Waals surface area contributed by atoms with Gasteiger partial charge in [-0.3, -0.25) is 0 Å². The molecule has 1 aromatic carbocycles. The lowest BCUT2D eigenvalue weighted by molar-refractivity contribution is 0.465. The highest BCUT2D eigenvalue weighted by atomic mass is 16.3. The number of aromatic hydroxyl groups is 1. The van der Waals surface area contributed by atoms with E-state index >= 15 is 0 Å². The van der Waals surface area contributed by atoms with Crippen LogP contribution in [0.1, 0.15) is 49.8 Å². The van der Waals surface area contributed by atoms with E-state index in [2.05, 4.69) is 20.8 Å². The van der Waals surface area contributed by atoms with Crippen LogP contribution in [0.5, 0.6) is 5.75 Å². The van der Waals surface area contributed by atoms with Crippen LogP contribution < -0.4 is 0 Å². The van der Waals surface area contributed by atoms with E-state index < -0.39 is 0 Å². The summed E-state index contributed by atoms with van der Waals surface area (Å²) in [6.07, 6.45) is 5.69. The molecule has 0 saturated heterocycles. The molecule has 0 spiro atoms. The molecule has 0 fully saturated rings. The lowest BCUT2D eigenvalue weighted by atomic mass is 9.95. The van der Waals surface area contributed by atoms with Crippen LogP contribution in [0.15, 0.2) is 12.1 Å². The first-order chi connectivity index (χ1) is 7.20. The predicted molar refractivity (Wildman–Crippen MR) is 65.5 cm³/mol. The van der Waals surface area contributed by atoms with Crippen LogP contribution in [0.2, 0.25) is 0 Å². The molecule has 0 aromatic heterocycles. The van der Waals surface area contributed by atoms with Crippen LogP contribution in [0.25, 0.3) is 0 Å². The maximum absolute atomic E-state index is 9.85. The molecule has 0 aliphatic rings. The molecular weight excluding hydrogens is 184 g/mol. The summed E-state index contributed by atoms with van der Waals surface area (Å²) in [6.45, 7) is 6.49. The molecule has 1 aromatic rings. The summed E-state index contributed by atoms with van der Waals surface area (Å²) in [7, 11) is 0. The Morgan fingerprint density at radius 2 is 1.80 bits per heavy atom. The summed E-state index contributed by atoms with van der Waals surface area (Å²) in [4.78, 5) is 0. The maximum Gasteiger partial charge on any atom is 0.119 e. The quantitative estimate of drug-likeness (QED) is 0.722. The zero-order chi connectivity index (χ0) is 11.3. The third-order valence-corrected chi connectivity index (χ3v) is 3.02. The zero-order valence-electron chi connectivity index (χ0n) is 10.1. The fraction of sp³-hybridized carbons (Fsp3) is 0.571. The minimum atomic E-state index is 0.480. The van der Waals surface area contributed by atoms with Gasteiger partial charge in [0.1, 0.15) is 5.75 Å². The SMILES string of the molecule is CCCCCc1c(O)ccc(C)c1CC. The first kappa shape index (κ1) is 12.1. The molecule has 0 aliphatic carbocycles. The van der Waals surface area contributed by atoms with E-state index in [0.717, 1.165) is 12.8 Å². The molecule has 0 saturated carbocycles. The Kier molecular flexibility index (Phi) is 4.67.